The molecule has 6 nitrogen and oxygen atoms in total. The van der Waals surface area contributed by atoms with E-state index in [9.17, 15) is 14.9 Å². The average molecular weight is 429 g/mol. The monoisotopic (exact) mass is 429 g/mol. The molecular formula is C26H23NO5. The molecule has 162 valence electrons. The molecule has 1 aliphatic heterocycles. The van der Waals surface area contributed by atoms with Crippen molar-refractivity contribution in [3.8, 4) is 0 Å². The van der Waals surface area contributed by atoms with Crippen LogP contribution in [-0.2, 0) is 19.9 Å². The normalized spacial score (nSPS) is 25.0. The van der Waals surface area contributed by atoms with Crippen molar-refractivity contribution in [3.05, 3.63) is 124 Å². The molecule has 1 saturated heterocycles. The molecule has 0 unspecified atom stereocenters. The third-order valence-electron chi connectivity index (χ3n) is 5.81. The third-order valence-corrected chi connectivity index (χ3v) is 5.81. The van der Waals surface area contributed by atoms with Crippen LogP contribution in [-0.4, -0.2) is 30.1 Å². The number of esters is 1. The summed E-state index contributed by atoms with van der Waals surface area (Å²) in [5, 5.41) is 12.4. The van der Waals surface area contributed by atoms with E-state index in [-0.39, 0.29) is 4.92 Å². The predicted molar refractivity (Wildman–Crippen MR) is 120 cm³/mol. The maximum Gasteiger partial charge on any atom is 0.343 e. The fourth-order valence-electron chi connectivity index (χ4n) is 4.42. The lowest BCUT2D eigenvalue weighted by Crippen LogP contribution is -2.44. The minimum Gasteiger partial charge on any atom is -0.467 e. The number of rotatable bonds is 6. The molecule has 0 amide bonds. The predicted octanol–water partition coefficient (Wildman–Crippen LogP) is 4.60. The smallest absolute Gasteiger partial charge is 0.343 e. The summed E-state index contributed by atoms with van der Waals surface area (Å²) < 4.78 is 11.5. The summed E-state index contributed by atoms with van der Waals surface area (Å²) in [5.74, 6) is -1.56. The van der Waals surface area contributed by atoms with Crippen LogP contribution >= 0.6 is 0 Å². The lowest BCUT2D eigenvalue weighted by atomic mass is 9.74. The van der Waals surface area contributed by atoms with Gasteiger partial charge in [0.2, 0.25) is 5.60 Å². The second-order valence-electron chi connectivity index (χ2n) is 7.61. The van der Waals surface area contributed by atoms with Gasteiger partial charge in [-0.3, -0.25) is 10.1 Å². The highest BCUT2D eigenvalue weighted by molar-refractivity contribution is 5.84. The molecule has 0 spiro atoms. The van der Waals surface area contributed by atoms with Crippen LogP contribution in [0, 0.1) is 10.1 Å². The lowest BCUT2D eigenvalue weighted by molar-refractivity contribution is -0.527. The zero-order valence-electron chi connectivity index (χ0n) is 17.5. The van der Waals surface area contributed by atoms with E-state index in [4.69, 9.17) is 9.47 Å². The fourth-order valence-corrected chi connectivity index (χ4v) is 4.42. The Morgan fingerprint density at radius 3 is 2.09 bits per heavy atom. The van der Waals surface area contributed by atoms with Crippen molar-refractivity contribution in [2.45, 2.75) is 23.7 Å². The van der Waals surface area contributed by atoms with E-state index in [0.29, 0.717) is 11.1 Å². The van der Waals surface area contributed by atoms with Gasteiger partial charge in [0.25, 0.3) is 6.04 Å². The summed E-state index contributed by atoms with van der Waals surface area (Å²) >= 11 is 0. The van der Waals surface area contributed by atoms with Gasteiger partial charge in [0, 0.05) is 4.92 Å². The van der Waals surface area contributed by atoms with Crippen LogP contribution < -0.4 is 0 Å². The van der Waals surface area contributed by atoms with E-state index < -0.39 is 29.6 Å². The summed E-state index contributed by atoms with van der Waals surface area (Å²) in [6.07, 6.45) is 2.49. The van der Waals surface area contributed by atoms with Crippen molar-refractivity contribution >= 4 is 12.0 Å². The minimum absolute atomic E-state index is 0.356. The molecule has 0 bridgehead atoms. The lowest BCUT2D eigenvalue weighted by Gasteiger charge is -2.31. The molecule has 3 aromatic carbocycles. The van der Waals surface area contributed by atoms with Gasteiger partial charge in [-0.1, -0.05) is 97.1 Å². The molecule has 0 saturated carbocycles. The van der Waals surface area contributed by atoms with Crippen molar-refractivity contribution in [2.75, 3.05) is 7.11 Å². The number of benzene rings is 3. The molecule has 0 aliphatic carbocycles. The Morgan fingerprint density at radius 1 is 0.969 bits per heavy atom. The van der Waals surface area contributed by atoms with Crippen LogP contribution in [0.15, 0.2) is 97.1 Å². The molecule has 4 rings (SSSR count). The number of carbonyl (C=O) groups is 1. The number of nitrogens with zero attached hydrogens (tertiary/aromatic N) is 1. The maximum absolute atomic E-state index is 13.3. The molecule has 32 heavy (non-hydrogen) atoms. The van der Waals surface area contributed by atoms with Crippen molar-refractivity contribution < 1.29 is 19.2 Å². The van der Waals surface area contributed by atoms with Crippen LogP contribution in [0.25, 0.3) is 6.08 Å². The van der Waals surface area contributed by atoms with Gasteiger partial charge >= 0.3 is 5.97 Å². The number of methoxy groups -OCH3 is 1. The van der Waals surface area contributed by atoms with Gasteiger partial charge in [-0.15, -0.1) is 0 Å². The molecular weight excluding hydrogens is 406 g/mol. The first-order valence-corrected chi connectivity index (χ1v) is 10.3. The average Bonchev–Trinajstić information content (AvgIpc) is 3.20. The highest BCUT2D eigenvalue weighted by Gasteiger charge is 2.66. The number of ether oxygens (including phenoxy) is 2. The second-order valence-corrected chi connectivity index (χ2v) is 7.61. The summed E-state index contributed by atoms with van der Waals surface area (Å²) in [6.45, 7) is 0. The maximum atomic E-state index is 13.3. The first kappa shape index (κ1) is 21.5. The third kappa shape index (κ3) is 3.81. The van der Waals surface area contributed by atoms with Crippen LogP contribution in [0.5, 0.6) is 0 Å². The van der Waals surface area contributed by atoms with E-state index in [1.165, 1.54) is 7.11 Å². The van der Waals surface area contributed by atoms with E-state index in [0.717, 1.165) is 5.56 Å². The van der Waals surface area contributed by atoms with Crippen LogP contribution in [0.1, 0.15) is 22.6 Å². The Bertz CT molecular complexity index is 1100. The second kappa shape index (κ2) is 9.16. The van der Waals surface area contributed by atoms with E-state index in [1.807, 2.05) is 42.5 Å². The number of nitro groups is 1. The Balaban J connectivity index is 1.91. The van der Waals surface area contributed by atoms with Gasteiger partial charge in [-0.25, -0.2) is 4.79 Å². The van der Waals surface area contributed by atoms with Gasteiger partial charge in [0.15, 0.2) is 0 Å². The highest BCUT2D eigenvalue weighted by Crippen LogP contribution is 2.52. The molecule has 3 aromatic rings. The fraction of sp³-hybridized carbons (Fsp3) is 0.192. The summed E-state index contributed by atoms with van der Waals surface area (Å²) in [4.78, 5) is 25.3. The SMILES string of the molecule is COC(=O)[C@]1(c2ccccc2)O[C@@H](/C=C/c2ccccc2)[C@@H]([N+](=O)[O-])[C@@H]1c1ccccc1. The van der Waals surface area contributed by atoms with Crippen molar-refractivity contribution in [1.29, 1.82) is 0 Å². The van der Waals surface area contributed by atoms with Gasteiger partial charge in [0.05, 0.1) is 13.0 Å². The molecule has 1 heterocycles. The molecule has 6 heteroatoms. The van der Waals surface area contributed by atoms with Crippen molar-refractivity contribution in [1.82, 2.24) is 0 Å². The Kier molecular flexibility index (Phi) is 6.14. The van der Waals surface area contributed by atoms with E-state index in [2.05, 4.69) is 0 Å². The molecule has 0 N–H and O–H groups in total. The van der Waals surface area contributed by atoms with Crippen LogP contribution in [0.3, 0.4) is 0 Å². The van der Waals surface area contributed by atoms with Gasteiger partial charge in [0.1, 0.15) is 6.10 Å². The van der Waals surface area contributed by atoms with Crippen molar-refractivity contribution in [2.24, 2.45) is 0 Å². The van der Waals surface area contributed by atoms with Gasteiger partial charge < -0.3 is 9.47 Å². The largest absolute Gasteiger partial charge is 0.467 e. The molecule has 4 atom stereocenters. The standard InChI is InChI=1S/C26H23NO5/c1-31-25(28)26(21-15-9-4-10-16-21)23(20-13-7-3-8-14-20)24(27(29)30)22(32-26)18-17-19-11-5-2-6-12-19/h2-18,22-24H,1H3/b18-17+/t22-,23-,24+,26+/m0/s1. The first-order valence-electron chi connectivity index (χ1n) is 10.3. The number of hydrogen-bond acceptors (Lipinski definition) is 5. The number of hydrogen-bond donors (Lipinski definition) is 0. The van der Waals surface area contributed by atoms with E-state index >= 15 is 0 Å². The minimum atomic E-state index is -1.67. The quantitative estimate of drug-likeness (QED) is 0.325. The summed E-state index contributed by atoms with van der Waals surface area (Å²) in [5.41, 5.74) is 0.368. The molecule has 1 aliphatic rings. The molecule has 1 fully saturated rings. The molecule has 0 radical (unpaired) electrons. The molecule has 0 aromatic heterocycles. The Labute approximate surface area is 186 Å². The summed E-state index contributed by atoms with van der Waals surface area (Å²) in [7, 11) is 1.27. The Hall–Kier alpha value is -3.77. The van der Waals surface area contributed by atoms with Crippen LogP contribution in [0.2, 0.25) is 0 Å². The topological polar surface area (TPSA) is 78.7 Å². The highest BCUT2D eigenvalue weighted by atomic mass is 16.6. The van der Waals surface area contributed by atoms with Crippen molar-refractivity contribution in [3.63, 3.8) is 0 Å². The number of carbonyl (C=O) groups excluding carboxylic acids is 1. The van der Waals surface area contributed by atoms with E-state index in [1.54, 1.807) is 60.7 Å². The Morgan fingerprint density at radius 2 is 1.53 bits per heavy atom. The van der Waals surface area contributed by atoms with Gasteiger partial charge in [-0.05, 0) is 22.8 Å². The first-order chi connectivity index (χ1) is 15.6. The van der Waals surface area contributed by atoms with Crippen LogP contribution in [0.4, 0.5) is 0 Å². The summed E-state index contributed by atoms with van der Waals surface area (Å²) in [6, 6.07) is 26.1. The zero-order chi connectivity index (χ0) is 22.6. The zero-order valence-corrected chi connectivity index (χ0v) is 17.5. The van der Waals surface area contributed by atoms with Gasteiger partial charge in [-0.2, -0.15) is 0 Å².